The third kappa shape index (κ3) is 6.20. The maximum Gasteiger partial charge on any atom is 0.240 e. The van der Waals surface area contributed by atoms with Gasteiger partial charge in [0.1, 0.15) is 6.29 Å². The normalized spacial score (nSPS) is 17.3. The quantitative estimate of drug-likeness (QED) is 0.710. The van der Waals surface area contributed by atoms with Crippen molar-refractivity contribution in [2.24, 2.45) is 11.1 Å². The predicted molar refractivity (Wildman–Crippen MR) is 123 cm³/mol. The van der Waals surface area contributed by atoms with Crippen LogP contribution in [0.15, 0.2) is 29.8 Å². The number of carbonyl (C=O) groups excluding carboxylic acids is 2. The van der Waals surface area contributed by atoms with E-state index in [0.29, 0.717) is 6.54 Å². The minimum Gasteiger partial charge on any atom is -0.332 e. The Kier molecular flexibility index (Phi) is 8.70. The van der Waals surface area contributed by atoms with Crippen LogP contribution in [0.4, 0.5) is 0 Å². The standard InChI is InChI=1S/C12H14N2S.C11H20N2O2/c1-9-12(15-8-14-9)11-5-3-10(4-6-11)7-13-2;1-11(2,3)9(12)10(15)13-6-4-5-8(13)7-14/h3-6,8,13H,7H2,1-2H3;7-9H,4-6,12H2,1-3H3. The Labute approximate surface area is 183 Å². The molecule has 1 aromatic heterocycles. The fourth-order valence-electron chi connectivity index (χ4n) is 3.31. The molecule has 0 aliphatic carbocycles. The van der Waals surface area contributed by atoms with Crippen molar-refractivity contribution in [2.45, 2.75) is 59.2 Å². The number of amides is 1. The van der Waals surface area contributed by atoms with Crippen molar-refractivity contribution in [1.82, 2.24) is 15.2 Å². The fourth-order valence-corrected chi connectivity index (χ4v) is 4.13. The second kappa shape index (κ2) is 10.8. The average Bonchev–Trinajstić information content (AvgIpc) is 3.36. The SMILES string of the molecule is CC(C)(C)C(N)C(=O)N1CCCC1C=O.CNCc1ccc(-c2scnc2C)cc1. The van der Waals surface area contributed by atoms with Crippen LogP contribution in [0.3, 0.4) is 0 Å². The van der Waals surface area contributed by atoms with Gasteiger partial charge in [-0.1, -0.05) is 45.0 Å². The number of nitrogens with zero attached hydrogens (tertiary/aromatic N) is 2. The van der Waals surface area contributed by atoms with Crippen molar-refractivity contribution in [3.8, 4) is 10.4 Å². The minimum atomic E-state index is -0.530. The third-order valence-electron chi connectivity index (χ3n) is 5.28. The molecule has 1 saturated heterocycles. The molecular formula is C23H34N4O2S. The van der Waals surface area contributed by atoms with Crippen LogP contribution in [0.2, 0.25) is 0 Å². The fraction of sp³-hybridized carbons (Fsp3) is 0.522. The molecule has 1 amide bonds. The minimum absolute atomic E-state index is 0.0999. The molecule has 164 valence electrons. The molecule has 6 nitrogen and oxygen atoms in total. The van der Waals surface area contributed by atoms with Crippen LogP contribution in [0.5, 0.6) is 0 Å². The number of aldehydes is 1. The van der Waals surface area contributed by atoms with Gasteiger partial charge in [0.25, 0.3) is 0 Å². The van der Waals surface area contributed by atoms with Crippen LogP contribution >= 0.6 is 11.3 Å². The van der Waals surface area contributed by atoms with Gasteiger partial charge in [0, 0.05) is 13.1 Å². The van der Waals surface area contributed by atoms with E-state index >= 15 is 0 Å². The van der Waals surface area contributed by atoms with Crippen LogP contribution in [-0.2, 0) is 16.1 Å². The lowest BCUT2D eigenvalue weighted by Crippen LogP contribution is -2.52. The van der Waals surface area contributed by atoms with Crippen molar-refractivity contribution in [2.75, 3.05) is 13.6 Å². The first-order valence-electron chi connectivity index (χ1n) is 10.3. The molecule has 2 atom stereocenters. The lowest BCUT2D eigenvalue weighted by atomic mass is 9.86. The number of nitrogens with one attached hydrogen (secondary N) is 1. The molecule has 3 N–H and O–H groups in total. The van der Waals surface area contributed by atoms with Crippen molar-refractivity contribution in [3.63, 3.8) is 0 Å². The van der Waals surface area contributed by atoms with Gasteiger partial charge in [0.05, 0.1) is 28.2 Å². The second-order valence-corrected chi connectivity index (χ2v) is 9.57. The summed E-state index contributed by atoms with van der Waals surface area (Å²) in [5.41, 5.74) is 11.2. The van der Waals surface area contributed by atoms with Gasteiger partial charge >= 0.3 is 0 Å². The Bertz CT molecular complexity index is 826. The van der Waals surface area contributed by atoms with Gasteiger partial charge in [-0.05, 0) is 43.4 Å². The zero-order valence-corrected chi connectivity index (χ0v) is 19.5. The van der Waals surface area contributed by atoms with Crippen LogP contribution in [0, 0.1) is 12.3 Å². The number of aromatic nitrogens is 1. The smallest absolute Gasteiger partial charge is 0.240 e. The Morgan fingerprint density at radius 2 is 2.03 bits per heavy atom. The number of benzene rings is 1. The molecule has 1 aliphatic rings. The Hall–Kier alpha value is -2.09. The number of aryl methyl sites for hydroxylation is 1. The van der Waals surface area contributed by atoms with Gasteiger partial charge in [0.15, 0.2) is 0 Å². The molecule has 1 fully saturated rings. The topological polar surface area (TPSA) is 88.3 Å². The molecule has 1 aromatic carbocycles. The van der Waals surface area contributed by atoms with Crippen LogP contribution in [0.25, 0.3) is 10.4 Å². The lowest BCUT2D eigenvalue weighted by Gasteiger charge is -2.31. The maximum atomic E-state index is 12.0. The largest absolute Gasteiger partial charge is 0.332 e. The van der Waals surface area contributed by atoms with E-state index < -0.39 is 6.04 Å². The summed E-state index contributed by atoms with van der Waals surface area (Å²) in [6, 6.07) is 7.85. The number of likely N-dealkylation sites (tertiary alicyclic amines) is 1. The molecule has 1 aliphatic heterocycles. The van der Waals surface area contributed by atoms with E-state index in [1.165, 1.54) is 16.0 Å². The molecule has 2 aromatic rings. The number of hydrogen-bond donors (Lipinski definition) is 2. The van der Waals surface area contributed by atoms with E-state index in [9.17, 15) is 9.59 Å². The summed E-state index contributed by atoms with van der Waals surface area (Å²) in [5, 5.41) is 3.14. The van der Waals surface area contributed by atoms with Gasteiger partial charge in [0.2, 0.25) is 5.91 Å². The first kappa shape index (κ1) is 24.2. The average molecular weight is 431 g/mol. The molecule has 2 heterocycles. The number of carbonyl (C=O) groups is 2. The Morgan fingerprint density at radius 3 is 2.53 bits per heavy atom. The summed E-state index contributed by atoms with van der Waals surface area (Å²) in [5.74, 6) is -0.0999. The zero-order chi connectivity index (χ0) is 22.3. The number of nitrogens with two attached hydrogens (primary N) is 1. The van der Waals surface area contributed by atoms with Crippen LogP contribution in [0.1, 0.15) is 44.9 Å². The first-order valence-corrected chi connectivity index (χ1v) is 11.2. The summed E-state index contributed by atoms with van der Waals surface area (Å²) in [6.45, 7) is 9.42. The maximum absolute atomic E-state index is 12.0. The predicted octanol–water partition coefficient (Wildman–Crippen LogP) is 3.39. The van der Waals surface area contributed by atoms with Gasteiger partial charge in [-0.2, -0.15) is 0 Å². The van der Waals surface area contributed by atoms with E-state index in [4.69, 9.17) is 5.73 Å². The van der Waals surface area contributed by atoms with Gasteiger partial charge in [-0.15, -0.1) is 11.3 Å². The zero-order valence-electron chi connectivity index (χ0n) is 18.6. The lowest BCUT2D eigenvalue weighted by molar-refractivity contribution is -0.137. The van der Waals surface area contributed by atoms with Crippen molar-refractivity contribution in [1.29, 1.82) is 0 Å². The molecule has 2 unspecified atom stereocenters. The van der Waals surface area contributed by atoms with Gasteiger partial charge in [-0.3, -0.25) is 4.79 Å². The third-order valence-corrected chi connectivity index (χ3v) is 6.26. The summed E-state index contributed by atoms with van der Waals surface area (Å²) in [6.07, 6.45) is 2.51. The summed E-state index contributed by atoms with van der Waals surface area (Å²) >= 11 is 1.70. The van der Waals surface area contributed by atoms with Gasteiger partial charge < -0.3 is 20.7 Å². The first-order chi connectivity index (χ1) is 14.2. The molecule has 0 bridgehead atoms. The number of thiazole rings is 1. The van der Waals surface area contributed by atoms with E-state index in [2.05, 4.69) is 34.6 Å². The summed E-state index contributed by atoms with van der Waals surface area (Å²) < 4.78 is 0. The van der Waals surface area contributed by atoms with Crippen molar-refractivity contribution < 1.29 is 9.59 Å². The van der Waals surface area contributed by atoms with E-state index in [1.54, 1.807) is 16.2 Å². The molecule has 30 heavy (non-hydrogen) atoms. The molecule has 0 radical (unpaired) electrons. The molecular weight excluding hydrogens is 396 g/mol. The highest BCUT2D eigenvalue weighted by molar-refractivity contribution is 7.13. The number of hydrogen-bond acceptors (Lipinski definition) is 6. The Balaban J connectivity index is 0.000000214. The monoisotopic (exact) mass is 430 g/mol. The summed E-state index contributed by atoms with van der Waals surface area (Å²) in [4.78, 5) is 29.9. The van der Waals surface area contributed by atoms with E-state index in [1.807, 2.05) is 40.3 Å². The van der Waals surface area contributed by atoms with Crippen molar-refractivity contribution >= 4 is 23.5 Å². The number of rotatable bonds is 5. The summed E-state index contributed by atoms with van der Waals surface area (Å²) in [7, 11) is 1.96. The second-order valence-electron chi connectivity index (χ2n) is 8.72. The highest BCUT2D eigenvalue weighted by atomic mass is 32.1. The molecule has 3 rings (SSSR count). The molecule has 0 saturated carbocycles. The molecule has 0 spiro atoms. The van der Waals surface area contributed by atoms with Crippen LogP contribution in [-0.4, -0.2) is 47.8 Å². The highest BCUT2D eigenvalue weighted by Crippen LogP contribution is 2.27. The van der Waals surface area contributed by atoms with E-state index in [-0.39, 0.29) is 17.4 Å². The van der Waals surface area contributed by atoms with Crippen LogP contribution < -0.4 is 11.1 Å². The van der Waals surface area contributed by atoms with E-state index in [0.717, 1.165) is 31.4 Å². The molecule has 7 heteroatoms. The Morgan fingerprint density at radius 1 is 1.37 bits per heavy atom. The highest BCUT2D eigenvalue weighted by Gasteiger charge is 2.36. The van der Waals surface area contributed by atoms with Gasteiger partial charge in [-0.25, -0.2) is 4.98 Å². The van der Waals surface area contributed by atoms with Crippen molar-refractivity contribution in [3.05, 3.63) is 41.0 Å².